The first-order valence-corrected chi connectivity index (χ1v) is 8.06. The van der Waals surface area contributed by atoms with Crippen LogP contribution < -0.4 is 16.0 Å². The summed E-state index contributed by atoms with van der Waals surface area (Å²) in [6.07, 6.45) is 4.76. The van der Waals surface area contributed by atoms with Crippen molar-refractivity contribution in [2.24, 2.45) is 0 Å². The quantitative estimate of drug-likeness (QED) is 0.687. The number of carbonyl (C=O) groups excluding carboxylic acids is 2. The van der Waals surface area contributed by atoms with Gasteiger partial charge < -0.3 is 16.0 Å². The highest BCUT2D eigenvalue weighted by molar-refractivity contribution is 5.78. The van der Waals surface area contributed by atoms with Gasteiger partial charge in [-0.15, -0.1) is 0 Å². The number of aromatic nitrogens is 2. The lowest BCUT2D eigenvalue weighted by atomic mass is 10.3. The van der Waals surface area contributed by atoms with Gasteiger partial charge >= 0.3 is 6.03 Å². The molecule has 0 saturated heterocycles. The third-order valence-corrected chi connectivity index (χ3v) is 3.32. The third kappa shape index (κ3) is 5.75. The van der Waals surface area contributed by atoms with Crippen molar-refractivity contribution in [2.45, 2.75) is 26.3 Å². The van der Waals surface area contributed by atoms with Crippen LogP contribution in [-0.2, 0) is 11.3 Å². The summed E-state index contributed by atoms with van der Waals surface area (Å²) in [6, 6.07) is 9.45. The van der Waals surface area contributed by atoms with E-state index in [4.69, 9.17) is 0 Å². The molecule has 1 aromatic heterocycles. The predicted molar refractivity (Wildman–Crippen MR) is 91.7 cm³/mol. The van der Waals surface area contributed by atoms with Gasteiger partial charge in [-0.05, 0) is 18.6 Å². The molecule has 0 fully saturated rings. The summed E-state index contributed by atoms with van der Waals surface area (Å²) in [6.45, 7) is 3.34. The molecule has 3 amide bonds. The summed E-state index contributed by atoms with van der Waals surface area (Å²) in [5.41, 5.74) is 1.86. The van der Waals surface area contributed by atoms with Crippen LogP contribution in [0.2, 0.25) is 0 Å². The molecule has 0 radical (unpaired) electrons. The second kappa shape index (κ2) is 9.34. The minimum absolute atomic E-state index is 0.0544. The molecule has 0 aliphatic carbocycles. The van der Waals surface area contributed by atoms with E-state index in [1.165, 1.54) is 0 Å². The second-order valence-electron chi connectivity index (χ2n) is 5.34. The summed E-state index contributed by atoms with van der Waals surface area (Å²) in [4.78, 5) is 23.1. The number of urea groups is 1. The average molecular weight is 329 g/mol. The molecule has 128 valence electrons. The van der Waals surface area contributed by atoms with Crippen LogP contribution in [0.3, 0.4) is 0 Å². The molecule has 0 bridgehead atoms. The molecular formula is C17H23N5O2. The molecule has 0 saturated carbocycles. The van der Waals surface area contributed by atoms with Crippen LogP contribution in [0.15, 0.2) is 42.7 Å². The van der Waals surface area contributed by atoms with Crippen molar-refractivity contribution in [1.29, 1.82) is 0 Å². The summed E-state index contributed by atoms with van der Waals surface area (Å²) in [5, 5.41) is 12.4. The van der Waals surface area contributed by atoms with Gasteiger partial charge in [-0.2, -0.15) is 5.10 Å². The first-order valence-electron chi connectivity index (χ1n) is 8.06. The lowest BCUT2D eigenvalue weighted by Crippen LogP contribution is -2.37. The first-order chi connectivity index (χ1) is 11.7. The largest absolute Gasteiger partial charge is 0.356 e. The number of para-hydroxylation sites is 1. The molecule has 0 unspecified atom stereocenters. The Balaban J connectivity index is 1.69. The Morgan fingerprint density at radius 1 is 1.08 bits per heavy atom. The summed E-state index contributed by atoms with van der Waals surface area (Å²) < 4.78 is 1.76. The Morgan fingerprint density at radius 2 is 1.88 bits per heavy atom. The molecule has 2 aromatic rings. The number of carbonyl (C=O) groups is 2. The summed E-state index contributed by atoms with van der Waals surface area (Å²) in [5.74, 6) is -0.0544. The molecule has 0 atom stereocenters. The Morgan fingerprint density at radius 3 is 2.62 bits per heavy atom. The summed E-state index contributed by atoms with van der Waals surface area (Å²) >= 11 is 0. The number of benzene rings is 1. The normalized spacial score (nSPS) is 10.2. The van der Waals surface area contributed by atoms with E-state index >= 15 is 0 Å². The Bertz CT molecular complexity index is 654. The smallest absolute Gasteiger partial charge is 0.315 e. The van der Waals surface area contributed by atoms with E-state index in [2.05, 4.69) is 21.0 Å². The number of nitrogens with zero attached hydrogens (tertiary/aromatic N) is 2. The van der Waals surface area contributed by atoms with Gasteiger partial charge in [0.25, 0.3) is 0 Å². The zero-order chi connectivity index (χ0) is 17.2. The standard InChI is InChI=1S/C17H23N5O2/c1-2-9-18-16(23)8-10-19-17(24)20-11-14-12-21-22(13-14)15-6-4-3-5-7-15/h3-7,12-13H,2,8-11H2,1H3,(H,18,23)(H2,19,20,24). The van der Waals surface area contributed by atoms with Crippen LogP contribution in [0.4, 0.5) is 4.79 Å². The number of hydrogen-bond donors (Lipinski definition) is 3. The minimum atomic E-state index is -0.300. The maximum atomic E-state index is 11.7. The lowest BCUT2D eigenvalue weighted by Gasteiger charge is -2.07. The fourth-order valence-electron chi connectivity index (χ4n) is 2.06. The van der Waals surface area contributed by atoms with Gasteiger partial charge in [-0.1, -0.05) is 25.1 Å². The van der Waals surface area contributed by atoms with Gasteiger partial charge in [0.2, 0.25) is 5.91 Å². The lowest BCUT2D eigenvalue weighted by molar-refractivity contribution is -0.120. The molecular weight excluding hydrogens is 306 g/mol. The van der Waals surface area contributed by atoms with E-state index in [9.17, 15) is 9.59 Å². The monoisotopic (exact) mass is 329 g/mol. The zero-order valence-corrected chi connectivity index (χ0v) is 13.8. The molecule has 0 aliphatic rings. The van der Waals surface area contributed by atoms with Gasteiger partial charge in [-0.3, -0.25) is 4.79 Å². The number of nitrogens with one attached hydrogen (secondary N) is 3. The SMILES string of the molecule is CCCNC(=O)CCNC(=O)NCc1cnn(-c2ccccc2)c1. The molecule has 1 heterocycles. The van der Waals surface area contributed by atoms with E-state index in [0.717, 1.165) is 17.7 Å². The Kier molecular flexibility index (Phi) is 6.82. The van der Waals surface area contributed by atoms with Gasteiger partial charge in [0.05, 0.1) is 11.9 Å². The third-order valence-electron chi connectivity index (χ3n) is 3.32. The van der Waals surface area contributed by atoms with E-state index in [-0.39, 0.29) is 18.4 Å². The maximum Gasteiger partial charge on any atom is 0.315 e. The maximum absolute atomic E-state index is 11.7. The Hall–Kier alpha value is -2.83. The topological polar surface area (TPSA) is 88.1 Å². The van der Waals surface area contributed by atoms with Crippen molar-refractivity contribution in [3.63, 3.8) is 0 Å². The molecule has 0 aliphatic heterocycles. The molecule has 0 spiro atoms. The van der Waals surface area contributed by atoms with Gasteiger partial charge in [0.15, 0.2) is 0 Å². The van der Waals surface area contributed by atoms with Crippen LogP contribution in [0.1, 0.15) is 25.3 Å². The molecule has 24 heavy (non-hydrogen) atoms. The van der Waals surface area contributed by atoms with Crippen molar-refractivity contribution in [3.05, 3.63) is 48.3 Å². The fourth-order valence-corrected chi connectivity index (χ4v) is 2.06. The number of amides is 3. The van der Waals surface area contributed by atoms with Crippen LogP contribution in [-0.4, -0.2) is 34.8 Å². The molecule has 3 N–H and O–H groups in total. The van der Waals surface area contributed by atoms with E-state index in [1.807, 2.05) is 43.5 Å². The van der Waals surface area contributed by atoms with Crippen LogP contribution >= 0.6 is 0 Å². The van der Waals surface area contributed by atoms with Crippen molar-refractivity contribution < 1.29 is 9.59 Å². The predicted octanol–water partition coefficient (Wildman–Crippen LogP) is 1.59. The van der Waals surface area contributed by atoms with Gasteiger partial charge in [0, 0.05) is 37.8 Å². The van der Waals surface area contributed by atoms with E-state index < -0.39 is 0 Å². The van der Waals surface area contributed by atoms with Crippen LogP contribution in [0.25, 0.3) is 5.69 Å². The second-order valence-corrected chi connectivity index (χ2v) is 5.34. The number of hydrogen-bond acceptors (Lipinski definition) is 3. The first kappa shape index (κ1) is 17.5. The fraction of sp³-hybridized carbons (Fsp3) is 0.353. The van der Waals surface area contributed by atoms with Crippen molar-refractivity contribution >= 4 is 11.9 Å². The molecule has 2 rings (SSSR count). The van der Waals surface area contributed by atoms with Gasteiger partial charge in [-0.25, -0.2) is 9.48 Å². The zero-order valence-electron chi connectivity index (χ0n) is 13.8. The van der Waals surface area contributed by atoms with Crippen molar-refractivity contribution in [2.75, 3.05) is 13.1 Å². The average Bonchev–Trinajstić information content (AvgIpc) is 3.08. The van der Waals surface area contributed by atoms with Crippen LogP contribution in [0, 0.1) is 0 Å². The highest BCUT2D eigenvalue weighted by Crippen LogP contribution is 2.07. The Labute approximate surface area is 141 Å². The van der Waals surface area contributed by atoms with E-state index in [1.54, 1.807) is 10.9 Å². The van der Waals surface area contributed by atoms with Crippen molar-refractivity contribution in [3.8, 4) is 5.69 Å². The number of rotatable bonds is 8. The summed E-state index contributed by atoms with van der Waals surface area (Å²) in [7, 11) is 0. The molecule has 7 nitrogen and oxygen atoms in total. The van der Waals surface area contributed by atoms with E-state index in [0.29, 0.717) is 19.6 Å². The van der Waals surface area contributed by atoms with Gasteiger partial charge in [0.1, 0.15) is 0 Å². The molecule has 7 heteroatoms. The highest BCUT2D eigenvalue weighted by atomic mass is 16.2. The van der Waals surface area contributed by atoms with Crippen LogP contribution in [0.5, 0.6) is 0 Å². The molecule has 1 aromatic carbocycles. The highest BCUT2D eigenvalue weighted by Gasteiger charge is 2.05. The minimum Gasteiger partial charge on any atom is -0.356 e. The van der Waals surface area contributed by atoms with Crippen molar-refractivity contribution in [1.82, 2.24) is 25.7 Å².